The predicted octanol–water partition coefficient (Wildman–Crippen LogP) is -0.633. The number of rotatable bonds is 3. The highest BCUT2D eigenvalue weighted by atomic mass is 16.5. The molecule has 1 atom stereocenters. The SMILES string of the molecule is O=c1[nH]c(O)c(C=NCC2CCCO2)c(=O)[nH]1. The van der Waals surface area contributed by atoms with Gasteiger partial charge in [-0.15, -0.1) is 0 Å². The van der Waals surface area contributed by atoms with E-state index in [0.29, 0.717) is 6.54 Å². The number of aromatic nitrogens is 2. The van der Waals surface area contributed by atoms with Crippen molar-refractivity contribution in [1.82, 2.24) is 9.97 Å². The minimum Gasteiger partial charge on any atom is -0.494 e. The van der Waals surface area contributed by atoms with Gasteiger partial charge in [-0.25, -0.2) is 4.79 Å². The molecule has 3 N–H and O–H groups in total. The van der Waals surface area contributed by atoms with Crippen LogP contribution >= 0.6 is 0 Å². The molecule has 0 aromatic carbocycles. The standard InChI is InChI=1S/C10H13N3O4/c14-8-7(9(15)13-10(16)12-8)5-11-4-6-2-1-3-17-6/h5-6H,1-4H2,(H3,12,13,14,15,16). The summed E-state index contributed by atoms with van der Waals surface area (Å²) in [5.74, 6) is -0.477. The third-order valence-electron chi connectivity index (χ3n) is 2.51. The first-order chi connectivity index (χ1) is 8.16. The second-order valence-corrected chi connectivity index (χ2v) is 3.80. The zero-order valence-corrected chi connectivity index (χ0v) is 9.10. The molecule has 7 heteroatoms. The van der Waals surface area contributed by atoms with Crippen LogP contribution in [0, 0.1) is 0 Å². The van der Waals surface area contributed by atoms with E-state index in [4.69, 9.17) is 4.74 Å². The zero-order chi connectivity index (χ0) is 12.3. The summed E-state index contributed by atoms with van der Waals surface area (Å²) < 4.78 is 5.35. The summed E-state index contributed by atoms with van der Waals surface area (Å²) in [4.78, 5) is 30.3. The van der Waals surface area contributed by atoms with Gasteiger partial charge >= 0.3 is 5.69 Å². The topological polar surface area (TPSA) is 108 Å². The Morgan fingerprint density at radius 2 is 2.29 bits per heavy atom. The summed E-state index contributed by atoms with van der Waals surface area (Å²) >= 11 is 0. The number of aromatic hydroxyl groups is 1. The fraction of sp³-hybridized carbons (Fsp3) is 0.500. The summed E-state index contributed by atoms with van der Waals surface area (Å²) in [6.07, 6.45) is 3.29. The van der Waals surface area contributed by atoms with Crippen molar-refractivity contribution in [3.63, 3.8) is 0 Å². The lowest BCUT2D eigenvalue weighted by molar-refractivity contribution is 0.118. The first-order valence-corrected chi connectivity index (χ1v) is 5.34. The average Bonchev–Trinajstić information content (AvgIpc) is 2.74. The highest BCUT2D eigenvalue weighted by molar-refractivity contribution is 5.81. The van der Waals surface area contributed by atoms with Crippen LogP contribution in [0.25, 0.3) is 0 Å². The van der Waals surface area contributed by atoms with Gasteiger partial charge in [-0.1, -0.05) is 0 Å². The van der Waals surface area contributed by atoms with Gasteiger partial charge < -0.3 is 9.84 Å². The summed E-state index contributed by atoms with van der Waals surface area (Å²) in [6, 6.07) is 0. The van der Waals surface area contributed by atoms with Gasteiger partial charge in [0.15, 0.2) is 0 Å². The zero-order valence-electron chi connectivity index (χ0n) is 9.10. The summed E-state index contributed by atoms with van der Waals surface area (Å²) in [6.45, 7) is 1.18. The summed E-state index contributed by atoms with van der Waals surface area (Å²) in [5, 5.41) is 9.37. The second kappa shape index (κ2) is 4.96. The van der Waals surface area contributed by atoms with Crippen LogP contribution in [0.4, 0.5) is 0 Å². The first-order valence-electron chi connectivity index (χ1n) is 5.34. The van der Waals surface area contributed by atoms with Gasteiger partial charge in [-0.05, 0) is 12.8 Å². The van der Waals surface area contributed by atoms with E-state index in [0.717, 1.165) is 19.4 Å². The fourth-order valence-electron chi connectivity index (χ4n) is 1.65. The summed E-state index contributed by atoms with van der Waals surface area (Å²) in [5.41, 5.74) is -1.46. The van der Waals surface area contributed by atoms with Crippen molar-refractivity contribution < 1.29 is 9.84 Å². The highest BCUT2D eigenvalue weighted by Gasteiger charge is 2.14. The Bertz CT molecular complexity index is 525. The normalized spacial score (nSPS) is 20.1. The molecule has 1 aromatic rings. The Morgan fingerprint density at radius 3 is 2.94 bits per heavy atom. The molecular formula is C10H13N3O4. The number of ether oxygens (including phenoxy) is 1. The molecular weight excluding hydrogens is 226 g/mol. The lowest BCUT2D eigenvalue weighted by Crippen LogP contribution is -2.25. The van der Waals surface area contributed by atoms with E-state index in [1.54, 1.807) is 0 Å². The van der Waals surface area contributed by atoms with E-state index in [1.807, 2.05) is 4.98 Å². The van der Waals surface area contributed by atoms with E-state index in [9.17, 15) is 14.7 Å². The maximum Gasteiger partial charge on any atom is 0.328 e. The average molecular weight is 239 g/mol. The molecule has 17 heavy (non-hydrogen) atoms. The van der Waals surface area contributed by atoms with Crippen LogP contribution in [-0.2, 0) is 4.74 Å². The molecule has 1 fully saturated rings. The van der Waals surface area contributed by atoms with Crippen LogP contribution in [0.3, 0.4) is 0 Å². The monoisotopic (exact) mass is 239 g/mol. The van der Waals surface area contributed by atoms with Crippen LogP contribution in [0.2, 0.25) is 0 Å². The van der Waals surface area contributed by atoms with E-state index < -0.39 is 17.1 Å². The Hall–Kier alpha value is -1.89. The van der Waals surface area contributed by atoms with Gasteiger partial charge in [-0.2, -0.15) is 0 Å². The van der Waals surface area contributed by atoms with Crippen molar-refractivity contribution in [2.75, 3.05) is 13.2 Å². The first kappa shape index (κ1) is 11.6. The quantitative estimate of drug-likeness (QED) is 0.610. The smallest absolute Gasteiger partial charge is 0.328 e. The lowest BCUT2D eigenvalue weighted by atomic mass is 10.2. The fourth-order valence-corrected chi connectivity index (χ4v) is 1.65. The molecule has 0 bridgehead atoms. The molecule has 1 aliphatic heterocycles. The molecule has 7 nitrogen and oxygen atoms in total. The van der Waals surface area contributed by atoms with E-state index in [2.05, 4.69) is 9.98 Å². The van der Waals surface area contributed by atoms with Crippen LogP contribution in [0.5, 0.6) is 5.88 Å². The molecule has 2 rings (SSSR count). The Kier molecular flexibility index (Phi) is 3.38. The molecule has 2 heterocycles. The Labute approximate surface area is 96.2 Å². The molecule has 1 aromatic heterocycles. The van der Waals surface area contributed by atoms with Crippen molar-refractivity contribution in [2.24, 2.45) is 4.99 Å². The molecule has 0 amide bonds. The number of nitrogens with zero attached hydrogens (tertiary/aromatic N) is 1. The van der Waals surface area contributed by atoms with Crippen LogP contribution in [0.1, 0.15) is 18.4 Å². The molecule has 0 spiro atoms. The van der Waals surface area contributed by atoms with Crippen molar-refractivity contribution >= 4 is 6.21 Å². The highest BCUT2D eigenvalue weighted by Crippen LogP contribution is 2.11. The van der Waals surface area contributed by atoms with Crippen molar-refractivity contribution in [1.29, 1.82) is 0 Å². The van der Waals surface area contributed by atoms with Gasteiger partial charge in [0.05, 0.1) is 12.6 Å². The summed E-state index contributed by atoms with van der Waals surface area (Å²) in [7, 11) is 0. The number of hydrogen-bond acceptors (Lipinski definition) is 5. The maximum atomic E-state index is 11.3. The van der Waals surface area contributed by atoms with Gasteiger partial charge in [0.25, 0.3) is 5.56 Å². The third-order valence-corrected chi connectivity index (χ3v) is 2.51. The number of aliphatic imine (C=N–C) groups is 1. The molecule has 0 saturated carbocycles. The van der Waals surface area contributed by atoms with E-state index in [1.165, 1.54) is 6.21 Å². The molecule has 1 unspecified atom stereocenters. The lowest BCUT2D eigenvalue weighted by Gasteiger charge is -2.03. The van der Waals surface area contributed by atoms with Crippen LogP contribution in [-0.4, -0.2) is 40.5 Å². The van der Waals surface area contributed by atoms with Gasteiger partial charge in [0.1, 0.15) is 5.56 Å². The minimum absolute atomic E-state index is 0.0532. The van der Waals surface area contributed by atoms with Crippen LogP contribution < -0.4 is 11.2 Å². The number of H-pyrrole nitrogens is 2. The van der Waals surface area contributed by atoms with Crippen molar-refractivity contribution in [3.05, 3.63) is 26.4 Å². The van der Waals surface area contributed by atoms with Gasteiger partial charge in [0.2, 0.25) is 5.88 Å². The number of hydrogen-bond donors (Lipinski definition) is 3. The molecule has 92 valence electrons. The van der Waals surface area contributed by atoms with Crippen LogP contribution in [0.15, 0.2) is 14.6 Å². The van der Waals surface area contributed by atoms with E-state index >= 15 is 0 Å². The third kappa shape index (κ3) is 2.82. The van der Waals surface area contributed by atoms with Gasteiger partial charge in [-0.3, -0.25) is 19.8 Å². The second-order valence-electron chi connectivity index (χ2n) is 3.80. The largest absolute Gasteiger partial charge is 0.494 e. The predicted molar refractivity (Wildman–Crippen MR) is 60.8 cm³/mol. The van der Waals surface area contributed by atoms with Crippen molar-refractivity contribution in [3.8, 4) is 5.88 Å². The number of nitrogens with one attached hydrogen (secondary N) is 2. The minimum atomic E-state index is -0.747. The Morgan fingerprint density at radius 1 is 1.47 bits per heavy atom. The van der Waals surface area contributed by atoms with Crippen molar-refractivity contribution in [2.45, 2.75) is 18.9 Å². The maximum absolute atomic E-state index is 11.3. The molecule has 1 saturated heterocycles. The molecule has 0 aliphatic carbocycles. The van der Waals surface area contributed by atoms with E-state index in [-0.39, 0.29) is 11.7 Å². The number of aromatic amines is 2. The van der Waals surface area contributed by atoms with Gasteiger partial charge in [0, 0.05) is 12.8 Å². The Balaban J connectivity index is 2.10. The molecule has 0 radical (unpaired) electrons. The molecule has 1 aliphatic rings.